The number of pyridine rings is 1. The summed E-state index contributed by atoms with van der Waals surface area (Å²) in [7, 11) is 0. The Morgan fingerprint density at radius 1 is 1.13 bits per heavy atom. The maximum absolute atomic E-state index is 11.7. The van der Waals surface area contributed by atoms with Gasteiger partial charge in [0.1, 0.15) is 5.56 Å². The molecule has 3 aromatic rings. The first-order chi connectivity index (χ1) is 11.0. The van der Waals surface area contributed by atoms with Crippen LogP contribution in [0.25, 0.3) is 16.9 Å². The van der Waals surface area contributed by atoms with E-state index in [4.69, 9.17) is 0 Å². The fourth-order valence-corrected chi connectivity index (χ4v) is 2.60. The van der Waals surface area contributed by atoms with E-state index in [-0.39, 0.29) is 5.56 Å². The molecule has 0 aliphatic heterocycles. The number of carbonyl (C=O) groups is 1. The van der Waals surface area contributed by atoms with Gasteiger partial charge in [0, 0.05) is 18.0 Å². The second-order valence-electron chi connectivity index (χ2n) is 5.54. The van der Waals surface area contributed by atoms with E-state index in [1.165, 1.54) is 5.56 Å². The molecule has 0 fully saturated rings. The Bertz CT molecular complexity index is 883. The van der Waals surface area contributed by atoms with Crippen molar-refractivity contribution in [1.82, 2.24) is 14.8 Å². The van der Waals surface area contributed by atoms with Crippen LogP contribution in [0.2, 0.25) is 0 Å². The van der Waals surface area contributed by atoms with Crippen molar-refractivity contribution < 1.29 is 9.90 Å². The molecule has 5 nitrogen and oxygen atoms in total. The molecule has 0 amide bonds. The van der Waals surface area contributed by atoms with Gasteiger partial charge in [0.25, 0.3) is 0 Å². The summed E-state index contributed by atoms with van der Waals surface area (Å²) in [5.74, 6) is -0.989. The molecular formula is C18H17N3O2. The largest absolute Gasteiger partial charge is 0.478 e. The summed E-state index contributed by atoms with van der Waals surface area (Å²) in [6.45, 7) is 5.77. The third-order valence-electron chi connectivity index (χ3n) is 3.94. The molecule has 0 atom stereocenters. The van der Waals surface area contributed by atoms with Crippen molar-refractivity contribution >= 4 is 5.97 Å². The van der Waals surface area contributed by atoms with Crippen molar-refractivity contribution in [3.05, 3.63) is 65.1 Å². The number of aryl methyl sites for hydroxylation is 3. The van der Waals surface area contributed by atoms with Crippen LogP contribution in [0.1, 0.15) is 27.2 Å². The van der Waals surface area contributed by atoms with E-state index in [0.29, 0.717) is 11.4 Å². The fraction of sp³-hybridized carbons (Fsp3) is 0.167. The van der Waals surface area contributed by atoms with Crippen LogP contribution < -0.4 is 0 Å². The normalized spacial score (nSPS) is 10.7. The number of rotatable bonds is 3. The minimum Gasteiger partial charge on any atom is -0.478 e. The van der Waals surface area contributed by atoms with Crippen LogP contribution in [0.15, 0.2) is 42.7 Å². The van der Waals surface area contributed by atoms with Crippen LogP contribution in [0, 0.1) is 20.8 Å². The van der Waals surface area contributed by atoms with Gasteiger partial charge in [0.2, 0.25) is 0 Å². The molecule has 1 N–H and O–H groups in total. The van der Waals surface area contributed by atoms with E-state index in [2.05, 4.69) is 10.1 Å². The molecule has 116 valence electrons. The summed E-state index contributed by atoms with van der Waals surface area (Å²) >= 11 is 0. The summed E-state index contributed by atoms with van der Waals surface area (Å²) in [6.07, 6.45) is 3.31. The van der Waals surface area contributed by atoms with Crippen LogP contribution in [0.3, 0.4) is 0 Å². The Morgan fingerprint density at radius 3 is 2.52 bits per heavy atom. The molecule has 3 rings (SSSR count). The maximum Gasteiger partial charge on any atom is 0.339 e. The Labute approximate surface area is 134 Å². The number of hydrogen-bond acceptors (Lipinski definition) is 3. The molecule has 0 saturated heterocycles. The van der Waals surface area contributed by atoms with Gasteiger partial charge in [-0.3, -0.25) is 4.98 Å². The van der Waals surface area contributed by atoms with E-state index in [1.54, 1.807) is 30.1 Å². The number of benzene rings is 1. The summed E-state index contributed by atoms with van der Waals surface area (Å²) in [5.41, 5.74) is 5.10. The highest BCUT2D eigenvalue weighted by atomic mass is 16.4. The van der Waals surface area contributed by atoms with Crippen LogP contribution >= 0.6 is 0 Å². The van der Waals surface area contributed by atoms with Crippen molar-refractivity contribution in [2.24, 2.45) is 0 Å². The smallest absolute Gasteiger partial charge is 0.339 e. The van der Waals surface area contributed by atoms with Crippen LogP contribution in [-0.4, -0.2) is 25.8 Å². The number of carboxylic acid groups (broad SMARTS) is 1. The molecule has 23 heavy (non-hydrogen) atoms. The van der Waals surface area contributed by atoms with Gasteiger partial charge in [0.05, 0.1) is 17.1 Å². The average Bonchev–Trinajstić information content (AvgIpc) is 2.88. The summed E-state index contributed by atoms with van der Waals surface area (Å²) in [4.78, 5) is 15.8. The predicted octanol–water partition coefficient (Wildman–Crippen LogP) is 3.56. The van der Waals surface area contributed by atoms with E-state index >= 15 is 0 Å². The van der Waals surface area contributed by atoms with Gasteiger partial charge in [-0.25, -0.2) is 9.48 Å². The lowest BCUT2D eigenvalue weighted by Crippen LogP contribution is -2.03. The zero-order chi connectivity index (χ0) is 16.6. The first kappa shape index (κ1) is 15.0. The first-order valence-corrected chi connectivity index (χ1v) is 7.30. The molecule has 2 heterocycles. The number of aromatic carboxylic acids is 1. The molecule has 0 radical (unpaired) electrons. The molecule has 2 aromatic heterocycles. The molecular weight excluding hydrogens is 290 g/mol. The van der Waals surface area contributed by atoms with Gasteiger partial charge in [0.15, 0.2) is 0 Å². The van der Waals surface area contributed by atoms with E-state index in [1.807, 2.05) is 38.1 Å². The Balaban J connectivity index is 2.31. The Morgan fingerprint density at radius 2 is 1.91 bits per heavy atom. The quantitative estimate of drug-likeness (QED) is 0.803. The van der Waals surface area contributed by atoms with Gasteiger partial charge < -0.3 is 5.11 Å². The molecule has 0 aliphatic carbocycles. The lowest BCUT2D eigenvalue weighted by molar-refractivity contribution is 0.0697. The lowest BCUT2D eigenvalue weighted by Gasteiger charge is -2.10. The second kappa shape index (κ2) is 5.68. The molecule has 0 bridgehead atoms. The van der Waals surface area contributed by atoms with Crippen LogP contribution in [-0.2, 0) is 0 Å². The minimum absolute atomic E-state index is 0.205. The molecule has 0 saturated carbocycles. The van der Waals surface area contributed by atoms with Gasteiger partial charge in [-0.15, -0.1) is 0 Å². The average molecular weight is 307 g/mol. The zero-order valence-corrected chi connectivity index (χ0v) is 13.2. The number of aromatic nitrogens is 3. The van der Waals surface area contributed by atoms with Crippen molar-refractivity contribution in [2.75, 3.05) is 0 Å². The highest BCUT2D eigenvalue weighted by Gasteiger charge is 2.23. The van der Waals surface area contributed by atoms with Gasteiger partial charge in [-0.05, 0) is 56.2 Å². The molecule has 1 aromatic carbocycles. The van der Waals surface area contributed by atoms with E-state index in [9.17, 15) is 9.90 Å². The molecule has 0 unspecified atom stereocenters. The van der Waals surface area contributed by atoms with Gasteiger partial charge in [-0.1, -0.05) is 6.07 Å². The SMILES string of the molecule is Cc1ccc(-n2nc(C)c(C(=O)O)c2-c2cccnc2)cc1C. The van der Waals surface area contributed by atoms with Crippen LogP contribution in [0.4, 0.5) is 0 Å². The van der Waals surface area contributed by atoms with Crippen molar-refractivity contribution in [3.63, 3.8) is 0 Å². The molecule has 0 spiro atoms. The first-order valence-electron chi connectivity index (χ1n) is 7.30. The predicted molar refractivity (Wildman–Crippen MR) is 88.0 cm³/mol. The zero-order valence-electron chi connectivity index (χ0n) is 13.2. The Kier molecular flexibility index (Phi) is 3.70. The second-order valence-corrected chi connectivity index (χ2v) is 5.54. The summed E-state index contributed by atoms with van der Waals surface area (Å²) < 4.78 is 1.68. The molecule has 5 heteroatoms. The number of nitrogens with zero attached hydrogens (tertiary/aromatic N) is 3. The molecule has 0 aliphatic rings. The van der Waals surface area contributed by atoms with E-state index < -0.39 is 5.97 Å². The highest BCUT2D eigenvalue weighted by molar-refractivity contribution is 5.96. The van der Waals surface area contributed by atoms with Crippen molar-refractivity contribution in [1.29, 1.82) is 0 Å². The standard InChI is InChI=1S/C18H17N3O2/c1-11-6-7-15(9-12(11)2)21-17(14-5-4-8-19-10-14)16(18(22)23)13(3)20-21/h4-10H,1-3H3,(H,22,23). The van der Waals surface area contributed by atoms with E-state index in [0.717, 1.165) is 16.8 Å². The third-order valence-corrected chi connectivity index (χ3v) is 3.94. The minimum atomic E-state index is -0.989. The fourth-order valence-electron chi connectivity index (χ4n) is 2.60. The number of hydrogen-bond donors (Lipinski definition) is 1. The summed E-state index contributed by atoms with van der Waals surface area (Å²) in [6, 6.07) is 9.59. The van der Waals surface area contributed by atoms with Crippen molar-refractivity contribution in [3.8, 4) is 16.9 Å². The monoisotopic (exact) mass is 307 g/mol. The van der Waals surface area contributed by atoms with Crippen molar-refractivity contribution in [2.45, 2.75) is 20.8 Å². The third kappa shape index (κ3) is 2.61. The lowest BCUT2D eigenvalue weighted by atomic mass is 10.1. The van der Waals surface area contributed by atoms with Gasteiger partial charge in [-0.2, -0.15) is 5.10 Å². The summed E-state index contributed by atoms with van der Waals surface area (Å²) in [5, 5.41) is 14.1. The maximum atomic E-state index is 11.7. The topological polar surface area (TPSA) is 68.0 Å². The Hall–Kier alpha value is -2.95. The van der Waals surface area contributed by atoms with Gasteiger partial charge >= 0.3 is 5.97 Å². The number of carboxylic acids is 1. The highest BCUT2D eigenvalue weighted by Crippen LogP contribution is 2.29. The van der Waals surface area contributed by atoms with Crippen LogP contribution in [0.5, 0.6) is 0 Å².